The Balaban J connectivity index is 2.06. The summed E-state index contributed by atoms with van der Waals surface area (Å²) in [6.07, 6.45) is 0. The standard InChI is InChI=1S/C18H20N2O5/c1-13(14-7-5-4-6-8-14)19(2)18(21)12-25-17-11-15(20(22)23)9-10-16(17)24-3/h4-11,13H,12H2,1-3H3/t13-/m1/s1. The Morgan fingerprint density at radius 2 is 1.88 bits per heavy atom. The number of carbonyl (C=O) groups is 1. The Morgan fingerprint density at radius 3 is 2.48 bits per heavy atom. The van der Waals surface area contributed by atoms with E-state index < -0.39 is 4.92 Å². The van der Waals surface area contributed by atoms with Crippen LogP contribution in [0.3, 0.4) is 0 Å². The molecule has 0 spiro atoms. The molecule has 7 nitrogen and oxygen atoms in total. The molecule has 0 bridgehead atoms. The number of nitrogens with zero attached hydrogens (tertiary/aromatic N) is 2. The summed E-state index contributed by atoms with van der Waals surface area (Å²) in [5, 5.41) is 10.9. The van der Waals surface area contributed by atoms with Gasteiger partial charge in [-0.05, 0) is 18.6 Å². The minimum Gasteiger partial charge on any atom is -0.493 e. The largest absolute Gasteiger partial charge is 0.493 e. The monoisotopic (exact) mass is 344 g/mol. The van der Waals surface area contributed by atoms with E-state index in [0.29, 0.717) is 5.75 Å². The number of methoxy groups -OCH3 is 1. The van der Waals surface area contributed by atoms with Crippen LogP contribution in [0.1, 0.15) is 18.5 Å². The van der Waals surface area contributed by atoms with Gasteiger partial charge in [0, 0.05) is 13.1 Å². The summed E-state index contributed by atoms with van der Waals surface area (Å²) in [6, 6.07) is 13.5. The maximum atomic E-state index is 12.4. The molecule has 1 atom stereocenters. The summed E-state index contributed by atoms with van der Waals surface area (Å²) >= 11 is 0. The summed E-state index contributed by atoms with van der Waals surface area (Å²) in [4.78, 5) is 24.3. The van der Waals surface area contributed by atoms with Gasteiger partial charge >= 0.3 is 0 Å². The van der Waals surface area contributed by atoms with E-state index >= 15 is 0 Å². The van der Waals surface area contributed by atoms with Crippen LogP contribution in [0.25, 0.3) is 0 Å². The molecule has 0 saturated carbocycles. The van der Waals surface area contributed by atoms with Gasteiger partial charge in [0.15, 0.2) is 18.1 Å². The van der Waals surface area contributed by atoms with Crippen molar-refractivity contribution in [2.75, 3.05) is 20.8 Å². The highest BCUT2D eigenvalue weighted by Crippen LogP contribution is 2.31. The molecule has 0 N–H and O–H groups in total. The smallest absolute Gasteiger partial charge is 0.273 e. The van der Waals surface area contributed by atoms with Gasteiger partial charge < -0.3 is 14.4 Å². The molecule has 0 unspecified atom stereocenters. The van der Waals surface area contributed by atoms with Crippen LogP contribution in [0.5, 0.6) is 11.5 Å². The maximum absolute atomic E-state index is 12.4. The minimum atomic E-state index is -0.530. The van der Waals surface area contributed by atoms with Crippen molar-refractivity contribution < 1.29 is 19.2 Å². The molecular weight excluding hydrogens is 324 g/mol. The average molecular weight is 344 g/mol. The van der Waals surface area contributed by atoms with Gasteiger partial charge in [0.2, 0.25) is 0 Å². The minimum absolute atomic E-state index is 0.121. The number of nitro benzene ring substituents is 1. The summed E-state index contributed by atoms with van der Waals surface area (Å²) in [6.45, 7) is 1.67. The molecule has 0 aliphatic heterocycles. The Kier molecular flexibility index (Phi) is 5.94. The fourth-order valence-electron chi connectivity index (χ4n) is 2.30. The van der Waals surface area contributed by atoms with Crippen molar-refractivity contribution in [1.82, 2.24) is 4.90 Å². The zero-order valence-corrected chi connectivity index (χ0v) is 14.3. The fourth-order valence-corrected chi connectivity index (χ4v) is 2.30. The summed E-state index contributed by atoms with van der Waals surface area (Å²) in [5.41, 5.74) is 0.875. The maximum Gasteiger partial charge on any atom is 0.273 e. The third kappa shape index (κ3) is 4.47. The van der Waals surface area contributed by atoms with Crippen molar-refractivity contribution in [3.63, 3.8) is 0 Å². The van der Waals surface area contributed by atoms with Crippen LogP contribution >= 0.6 is 0 Å². The topological polar surface area (TPSA) is 81.9 Å². The summed E-state index contributed by atoms with van der Waals surface area (Å²) in [7, 11) is 3.12. The molecule has 132 valence electrons. The lowest BCUT2D eigenvalue weighted by Crippen LogP contribution is -2.33. The molecule has 25 heavy (non-hydrogen) atoms. The highest BCUT2D eigenvalue weighted by molar-refractivity contribution is 5.78. The van der Waals surface area contributed by atoms with Crippen molar-refractivity contribution >= 4 is 11.6 Å². The van der Waals surface area contributed by atoms with Crippen LogP contribution < -0.4 is 9.47 Å². The molecule has 2 aromatic rings. The first-order valence-electron chi connectivity index (χ1n) is 7.70. The third-order valence-corrected chi connectivity index (χ3v) is 3.97. The third-order valence-electron chi connectivity index (χ3n) is 3.97. The normalized spacial score (nSPS) is 11.5. The Hall–Kier alpha value is -3.09. The van der Waals surface area contributed by atoms with Crippen LogP contribution in [-0.4, -0.2) is 36.5 Å². The number of hydrogen-bond donors (Lipinski definition) is 0. The fraction of sp³-hybridized carbons (Fsp3) is 0.278. The first-order valence-corrected chi connectivity index (χ1v) is 7.70. The molecule has 0 aliphatic rings. The van der Waals surface area contributed by atoms with Crippen molar-refractivity contribution in [1.29, 1.82) is 0 Å². The second kappa shape index (κ2) is 8.14. The lowest BCUT2D eigenvalue weighted by Gasteiger charge is -2.25. The first kappa shape index (κ1) is 18.3. The van der Waals surface area contributed by atoms with Gasteiger partial charge in [-0.25, -0.2) is 0 Å². The van der Waals surface area contributed by atoms with E-state index in [4.69, 9.17) is 9.47 Å². The molecule has 0 radical (unpaired) electrons. The summed E-state index contributed by atoms with van der Waals surface area (Å²) < 4.78 is 10.6. The number of hydrogen-bond acceptors (Lipinski definition) is 5. The van der Waals surface area contributed by atoms with E-state index in [9.17, 15) is 14.9 Å². The van der Waals surface area contributed by atoms with Crippen LogP contribution in [0, 0.1) is 10.1 Å². The van der Waals surface area contributed by atoms with E-state index in [-0.39, 0.29) is 30.0 Å². The van der Waals surface area contributed by atoms with Crippen molar-refractivity contribution in [2.24, 2.45) is 0 Å². The summed E-state index contributed by atoms with van der Waals surface area (Å²) in [5.74, 6) is 0.243. The predicted molar refractivity (Wildman–Crippen MR) is 92.8 cm³/mol. The van der Waals surface area contributed by atoms with Gasteiger partial charge in [-0.2, -0.15) is 0 Å². The van der Waals surface area contributed by atoms with Gasteiger partial charge in [-0.1, -0.05) is 30.3 Å². The molecule has 0 saturated heterocycles. The highest BCUT2D eigenvalue weighted by Gasteiger charge is 2.19. The molecule has 7 heteroatoms. The van der Waals surface area contributed by atoms with E-state index in [1.165, 1.54) is 25.3 Å². The van der Waals surface area contributed by atoms with E-state index in [0.717, 1.165) is 5.56 Å². The van der Waals surface area contributed by atoms with E-state index in [1.807, 2.05) is 37.3 Å². The number of rotatable bonds is 7. The van der Waals surface area contributed by atoms with Gasteiger partial charge in [0.1, 0.15) is 0 Å². The number of benzene rings is 2. The van der Waals surface area contributed by atoms with Gasteiger partial charge in [0.05, 0.1) is 24.1 Å². The van der Waals surface area contributed by atoms with E-state index in [1.54, 1.807) is 11.9 Å². The van der Waals surface area contributed by atoms with Gasteiger partial charge in [0.25, 0.3) is 11.6 Å². The number of non-ortho nitro benzene ring substituents is 1. The lowest BCUT2D eigenvalue weighted by molar-refractivity contribution is -0.385. The number of likely N-dealkylation sites (N-methyl/N-ethyl adjacent to an activating group) is 1. The second-order valence-corrected chi connectivity index (χ2v) is 5.47. The van der Waals surface area contributed by atoms with E-state index in [2.05, 4.69) is 0 Å². The Labute approximate surface area is 145 Å². The van der Waals surface area contributed by atoms with Crippen molar-refractivity contribution in [3.8, 4) is 11.5 Å². The Morgan fingerprint density at radius 1 is 1.20 bits per heavy atom. The second-order valence-electron chi connectivity index (χ2n) is 5.47. The highest BCUT2D eigenvalue weighted by atomic mass is 16.6. The van der Waals surface area contributed by atoms with Crippen LogP contribution in [0.15, 0.2) is 48.5 Å². The molecule has 1 amide bonds. The van der Waals surface area contributed by atoms with Crippen molar-refractivity contribution in [3.05, 3.63) is 64.2 Å². The van der Waals surface area contributed by atoms with Gasteiger partial charge in [-0.3, -0.25) is 14.9 Å². The van der Waals surface area contributed by atoms with Crippen LogP contribution in [0.2, 0.25) is 0 Å². The van der Waals surface area contributed by atoms with Crippen LogP contribution in [0.4, 0.5) is 5.69 Å². The average Bonchev–Trinajstić information content (AvgIpc) is 2.65. The zero-order valence-electron chi connectivity index (χ0n) is 14.3. The SMILES string of the molecule is COc1ccc([N+](=O)[O-])cc1OCC(=O)N(C)[C@H](C)c1ccccc1. The molecule has 2 aromatic carbocycles. The Bertz CT molecular complexity index is 748. The molecular formula is C18H20N2O5. The number of nitro groups is 1. The molecule has 0 fully saturated rings. The molecule has 0 aliphatic carbocycles. The molecule has 0 heterocycles. The number of amides is 1. The quantitative estimate of drug-likeness (QED) is 0.569. The lowest BCUT2D eigenvalue weighted by atomic mass is 10.1. The molecule has 0 aromatic heterocycles. The predicted octanol–water partition coefficient (Wildman–Crippen LogP) is 3.20. The first-order chi connectivity index (χ1) is 11.9. The number of carbonyl (C=O) groups excluding carboxylic acids is 1. The molecule has 2 rings (SSSR count). The van der Waals surface area contributed by atoms with Crippen LogP contribution in [-0.2, 0) is 4.79 Å². The van der Waals surface area contributed by atoms with Crippen molar-refractivity contribution in [2.45, 2.75) is 13.0 Å². The van der Waals surface area contributed by atoms with Gasteiger partial charge in [-0.15, -0.1) is 0 Å². The number of ether oxygens (including phenoxy) is 2. The zero-order chi connectivity index (χ0) is 18.4.